The lowest BCUT2D eigenvalue weighted by Crippen LogP contribution is -2.17. The highest BCUT2D eigenvalue weighted by molar-refractivity contribution is 6.11. The van der Waals surface area contributed by atoms with Gasteiger partial charge in [0.1, 0.15) is 30.6 Å². The monoisotopic (exact) mass is 386 g/mol. The van der Waals surface area contributed by atoms with Gasteiger partial charge in [0.15, 0.2) is 11.5 Å². The first-order valence-corrected chi connectivity index (χ1v) is 9.08. The number of carbonyl (C=O) groups excluding carboxylic acids is 1. The number of nitrogens with one attached hydrogen (secondary N) is 1. The minimum Gasteiger partial charge on any atom is -0.496 e. The Labute approximate surface area is 167 Å². The van der Waals surface area contributed by atoms with E-state index >= 15 is 0 Å². The molecule has 29 heavy (non-hydrogen) atoms. The van der Waals surface area contributed by atoms with Crippen LogP contribution >= 0.6 is 0 Å². The molecule has 1 amide bonds. The number of hydrogen-bond donors (Lipinski definition) is 1. The standard InChI is InChI=1S/C23H18N2O4/c1-27-20-8-6-15-4-2-3-5-18(15)19(20)12-16(14-24)23(26)25-17-7-9-21-22(13-17)29-11-10-28-21/h2-9,12-13H,10-11H2,1H3,(H,25,26)/b16-12+. The quantitative estimate of drug-likeness (QED) is 0.538. The number of nitrogens with zero attached hydrogens (tertiary/aromatic N) is 1. The lowest BCUT2D eigenvalue weighted by atomic mass is 10.0. The molecule has 1 heterocycles. The van der Waals surface area contributed by atoms with Crippen molar-refractivity contribution in [3.63, 3.8) is 0 Å². The van der Waals surface area contributed by atoms with Crippen molar-refractivity contribution >= 4 is 28.4 Å². The van der Waals surface area contributed by atoms with Crippen molar-refractivity contribution in [2.24, 2.45) is 0 Å². The van der Waals surface area contributed by atoms with Crippen LogP contribution in [-0.4, -0.2) is 26.2 Å². The predicted octanol–water partition coefficient (Wildman–Crippen LogP) is 4.17. The maximum absolute atomic E-state index is 12.7. The second-order valence-electron chi connectivity index (χ2n) is 6.39. The summed E-state index contributed by atoms with van der Waals surface area (Å²) in [6.07, 6.45) is 1.55. The summed E-state index contributed by atoms with van der Waals surface area (Å²) in [6, 6.07) is 18.6. The van der Waals surface area contributed by atoms with E-state index in [1.54, 1.807) is 31.4 Å². The average molecular weight is 386 g/mol. The van der Waals surface area contributed by atoms with Gasteiger partial charge in [-0.1, -0.05) is 30.3 Å². The molecule has 1 N–H and O–H groups in total. The van der Waals surface area contributed by atoms with E-state index in [1.165, 1.54) is 0 Å². The van der Waals surface area contributed by atoms with Crippen molar-refractivity contribution < 1.29 is 19.0 Å². The minimum absolute atomic E-state index is 0.0328. The number of fused-ring (bicyclic) bond motifs is 2. The van der Waals surface area contributed by atoms with Gasteiger partial charge in [-0.05, 0) is 35.0 Å². The summed E-state index contributed by atoms with van der Waals surface area (Å²) in [7, 11) is 1.56. The highest BCUT2D eigenvalue weighted by Crippen LogP contribution is 2.33. The van der Waals surface area contributed by atoms with Crippen LogP contribution in [0, 0.1) is 11.3 Å². The van der Waals surface area contributed by atoms with Crippen molar-refractivity contribution in [3.05, 3.63) is 65.7 Å². The summed E-state index contributed by atoms with van der Waals surface area (Å²) < 4.78 is 16.5. The summed E-state index contributed by atoms with van der Waals surface area (Å²) in [5.41, 5.74) is 1.17. The third-order valence-corrected chi connectivity index (χ3v) is 4.60. The molecule has 0 aliphatic carbocycles. The Morgan fingerprint density at radius 2 is 1.90 bits per heavy atom. The van der Waals surface area contributed by atoms with Gasteiger partial charge < -0.3 is 19.5 Å². The fourth-order valence-corrected chi connectivity index (χ4v) is 3.21. The molecule has 0 bridgehead atoms. The number of anilines is 1. The number of rotatable bonds is 4. The molecule has 1 aliphatic rings. The number of benzene rings is 3. The maximum Gasteiger partial charge on any atom is 0.266 e. The topological polar surface area (TPSA) is 80.6 Å². The molecule has 0 saturated heterocycles. The van der Waals surface area contributed by atoms with Crippen LogP contribution in [-0.2, 0) is 4.79 Å². The van der Waals surface area contributed by atoms with Crippen LogP contribution in [0.15, 0.2) is 60.2 Å². The van der Waals surface area contributed by atoms with Gasteiger partial charge in [-0.15, -0.1) is 0 Å². The molecule has 0 atom stereocenters. The van der Waals surface area contributed by atoms with E-state index < -0.39 is 5.91 Å². The number of amides is 1. The van der Waals surface area contributed by atoms with Crippen molar-refractivity contribution in [2.75, 3.05) is 25.6 Å². The molecule has 6 heteroatoms. The zero-order valence-electron chi connectivity index (χ0n) is 15.8. The van der Waals surface area contributed by atoms with Gasteiger partial charge in [0, 0.05) is 17.3 Å². The van der Waals surface area contributed by atoms with E-state index in [2.05, 4.69) is 5.32 Å². The molecule has 0 saturated carbocycles. The van der Waals surface area contributed by atoms with E-state index in [9.17, 15) is 10.1 Å². The summed E-state index contributed by atoms with van der Waals surface area (Å²) in [6.45, 7) is 0.946. The fourth-order valence-electron chi connectivity index (χ4n) is 3.21. The summed E-state index contributed by atoms with van der Waals surface area (Å²) in [5, 5.41) is 14.2. The smallest absolute Gasteiger partial charge is 0.266 e. The number of hydrogen-bond acceptors (Lipinski definition) is 5. The van der Waals surface area contributed by atoms with Gasteiger partial charge in [-0.3, -0.25) is 4.79 Å². The average Bonchev–Trinajstić information content (AvgIpc) is 2.77. The first-order chi connectivity index (χ1) is 14.2. The van der Waals surface area contributed by atoms with Crippen LogP contribution < -0.4 is 19.5 Å². The first-order valence-electron chi connectivity index (χ1n) is 9.08. The molecule has 1 aliphatic heterocycles. The first kappa shape index (κ1) is 18.4. The largest absolute Gasteiger partial charge is 0.496 e. The normalized spacial score (nSPS) is 12.9. The predicted molar refractivity (Wildman–Crippen MR) is 110 cm³/mol. The number of nitriles is 1. The van der Waals surface area contributed by atoms with E-state index in [1.807, 2.05) is 42.5 Å². The fraction of sp³-hybridized carbons (Fsp3) is 0.130. The Hall–Kier alpha value is -3.98. The number of methoxy groups -OCH3 is 1. The molecule has 3 aromatic carbocycles. The molecule has 4 rings (SSSR count). The number of ether oxygens (including phenoxy) is 3. The van der Waals surface area contributed by atoms with Crippen LogP contribution in [0.3, 0.4) is 0 Å². The lowest BCUT2D eigenvalue weighted by molar-refractivity contribution is -0.112. The summed E-state index contributed by atoms with van der Waals surface area (Å²) >= 11 is 0. The van der Waals surface area contributed by atoms with Crippen molar-refractivity contribution in [1.29, 1.82) is 5.26 Å². The van der Waals surface area contributed by atoms with Crippen LogP contribution in [0.1, 0.15) is 5.56 Å². The van der Waals surface area contributed by atoms with Crippen molar-refractivity contribution in [2.45, 2.75) is 0 Å². The van der Waals surface area contributed by atoms with Crippen molar-refractivity contribution in [3.8, 4) is 23.3 Å². The van der Waals surface area contributed by atoms with Crippen LogP contribution in [0.25, 0.3) is 16.8 Å². The van der Waals surface area contributed by atoms with Gasteiger partial charge in [-0.2, -0.15) is 5.26 Å². The van der Waals surface area contributed by atoms with Crippen molar-refractivity contribution in [1.82, 2.24) is 0 Å². The summed E-state index contributed by atoms with van der Waals surface area (Å²) in [5.74, 6) is 1.26. The molecule has 0 radical (unpaired) electrons. The third-order valence-electron chi connectivity index (χ3n) is 4.60. The molecular formula is C23H18N2O4. The highest BCUT2D eigenvalue weighted by Gasteiger charge is 2.16. The Bertz CT molecular complexity index is 1160. The zero-order valence-corrected chi connectivity index (χ0v) is 15.8. The van der Waals surface area contributed by atoms with Crippen LogP contribution in [0.2, 0.25) is 0 Å². The molecule has 0 aromatic heterocycles. The molecule has 6 nitrogen and oxygen atoms in total. The summed E-state index contributed by atoms with van der Waals surface area (Å²) in [4.78, 5) is 12.7. The molecule has 3 aromatic rings. The van der Waals surface area contributed by atoms with E-state index in [-0.39, 0.29) is 5.57 Å². The van der Waals surface area contributed by atoms with Crippen LogP contribution in [0.4, 0.5) is 5.69 Å². The minimum atomic E-state index is -0.515. The lowest BCUT2D eigenvalue weighted by Gasteiger charge is -2.19. The molecule has 144 valence electrons. The Morgan fingerprint density at radius 1 is 1.10 bits per heavy atom. The second kappa shape index (κ2) is 7.95. The maximum atomic E-state index is 12.7. The molecule has 0 unspecified atom stereocenters. The Morgan fingerprint density at radius 3 is 2.69 bits per heavy atom. The van der Waals surface area contributed by atoms with E-state index in [0.717, 1.165) is 10.8 Å². The van der Waals surface area contributed by atoms with Gasteiger partial charge >= 0.3 is 0 Å². The molecule has 0 spiro atoms. The molecule has 0 fully saturated rings. The SMILES string of the molecule is COc1ccc2ccccc2c1/C=C(\C#N)C(=O)Nc1ccc2c(c1)OCCO2. The van der Waals surface area contributed by atoms with E-state index in [0.29, 0.717) is 41.7 Å². The highest BCUT2D eigenvalue weighted by atomic mass is 16.6. The van der Waals surface area contributed by atoms with E-state index in [4.69, 9.17) is 14.2 Å². The van der Waals surface area contributed by atoms with Gasteiger partial charge in [0.25, 0.3) is 5.91 Å². The Balaban J connectivity index is 1.67. The van der Waals surface area contributed by atoms with Gasteiger partial charge in [-0.25, -0.2) is 0 Å². The zero-order chi connectivity index (χ0) is 20.2. The van der Waals surface area contributed by atoms with Crippen LogP contribution in [0.5, 0.6) is 17.2 Å². The van der Waals surface area contributed by atoms with Gasteiger partial charge in [0.2, 0.25) is 0 Å². The van der Waals surface area contributed by atoms with Gasteiger partial charge in [0.05, 0.1) is 7.11 Å². The third kappa shape index (κ3) is 3.71. The second-order valence-corrected chi connectivity index (χ2v) is 6.39. The number of carbonyl (C=O) groups is 1. The molecular weight excluding hydrogens is 368 g/mol. The Kier molecular flexibility index (Phi) is 5.04.